The normalized spacial score (nSPS) is 20.3. The van der Waals surface area contributed by atoms with Gasteiger partial charge in [-0.2, -0.15) is 0 Å². The van der Waals surface area contributed by atoms with Gasteiger partial charge in [0.05, 0.1) is 13.0 Å². The number of carbonyl (C=O) groups is 3. The quantitative estimate of drug-likeness (QED) is 0.832. The van der Waals surface area contributed by atoms with Crippen LogP contribution >= 0.6 is 11.6 Å². The number of urea groups is 1. The van der Waals surface area contributed by atoms with E-state index in [9.17, 15) is 14.4 Å². The minimum absolute atomic E-state index is 0.0187. The second-order valence-electron chi connectivity index (χ2n) is 6.14. The molecule has 1 aliphatic heterocycles. The van der Waals surface area contributed by atoms with Crippen molar-refractivity contribution in [3.63, 3.8) is 0 Å². The molecule has 1 aromatic carbocycles. The number of hydrogen-bond acceptors (Lipinski definition) is 3. The summed E-state index contributed by atoms with van der Waals surface area (Å²) in [6.45, 7) is 4.52. The van der Waals surface area contributed by atoms with E-state index in [-0.39, 0.29) is 36.9 Å². The number of halogens is 1. The summed E-state index contributed by atoms with van der Waals surface area (Å²) in [6.07, 6.45) is 0.230. The molecule has 1 saturated heterocycles. The van der Waals surface area contributed by atoms with Crippen LogP contribution in [0.2, 0.25) is 5.02 Å². The molecule has 1 heterocycles. The largest absolute Gasteiger partial charge is 0.352 e. The molecule has 0 radical (unpaired) electrons. The van der Waals surface area contributed by atoms with Gasteiger partial charge in [-0.15, -0.1) is 0 Å². The third-order valence-electron chi connectivity index (χ3n) is 4.62. The fourth-order valence-corrected chi connectivity index (χ4v) is 3.22. The van der Waals surface area contributed by atoms with Crippen molar-refractivity contribution in [1.82, 2.24) is 15.1 Å². The van der Waals surface area contributed by atoms with Crippen LogP contribution in [0, 0.1) is 0 Å². The van der Waals surface area contributed by atoms with E-state index >= 15 is 0 Å². The average Bonchev–Trinajstić information content (AvgIpc) is 2.57. The molecule has 1 aliphatic rings. The summed E-state index contributed by atoms with van der Waals surface area (Å²) in [4.78, 5) is 39.1. The van der Waals surface area contributed by atoms with Crippen LogP contribution in [-0.4, -0.2) is 59.4 Å². The maximum Gasteiger partial charge on any atom is 0.312 e. The van der Waals surface area contributed by atoms with Crippen LogP contribution < -0.4 is 11.1 Å². The van der Waals surface area contributed by atoms with Crippen molar-refractivity contribution in [2.45, 2.75) is 32.4 Å². The molecule has 0 spiro atoms. The molecule has 0 saturated carbocycles. The molecule has 0 unspecified atom stereocenters. The fraction of sp³-hybridized carbons (Fsp3) is 0.471. The first-order chi connectivity index (χ1) is 11.8. The van der Waals surface area contributed by atoms with E-state index in [4.69, 9.17) is 17.3 Å². The zero-order valence-electron chi connectivity index (χ0n) is 14.4. The molecule has 8 heteroatoms. The van der Waals surface area contributed by atoms with Crippen molar-refractivity contribution in [3.05, 3.63) is 34.9 Å². The Hall–Kier alpha value is -2.28. The van der Waals surface area contributed by atoms with Crippen LogP contribution in [0.3, 0.4) is 0 Å². The van der Waals surface area contributed by atoms with Crippen molar-refractivity contribution >= 4 is 29.4 Å². The van der Waals surface area contributed by atoms with Gasteiger partial charge in [0, 0.05) is 30.2 Å². The van der Waals surface area contributed by atoms with Gasteiger partial charge in [-0.05, 0) is 25.5 Å². The molecule has 0 bridgehead atoms. The lowest BCUT2D eigenvalue weighted by molar-refractivity contribution is -0.145. The van der Waals surface area contributed by atoms with E-state index in [0.29, 0.717) is 18.1 Å². The summed E-state index contributed by atoms with van der Waals surface area (Å²) >= 11 is 6.13. The van der Waals surface area contributed by atoms with Crippen LogP contribution in [0.25, 0.3) is 0 Å². The van der Waals surface area contributed by atoms with E-state index < -0.39 is 6.03 Å². The first-order valence-electron chi connectivity index (χ1n) is 8.17. The predicted octanol–water partition coefficient (Wildman–Crippen LogP) is 0.999. The zero-order chi connectivity index (χ0) is 18.6. The summed E-state index contributed by atoms with van der Waals surface area (Å²) < 4.78 is 0. The number of carbonyl (C=O) groups excluding carboxylic acids is 3. The first kappa shape index (κ1) is 19.1. The number of hydrogen-bond donors (Lipinski definition) is 2. The van der Waals surface area contributed by atoms with Crippen LogP contribution in [-0.2, 0) is 16.0 Å². The number of primary amides is 1. The number of rotatable bonds is 4. The molecule has 0 aromatic heterocycles. The lowest BCUT2D eigenvalue weighted by Crippen LogP contribution is -2.61. The topological polar surface area (TPSA) is 95.7 Å². The molecular formula is C17H23ClN4O3. The molecule has 4 amide bonds. The minimum Gasteiger partial charge on any atom is -0.352 e. The molecule has 2 rings (SSSR count). The Morgan fingerprint density at radius 3 is 2.24 bits per heavy atom. The Kier molecular flexibility index (Phi) is 6.25. The number of nitrogens with one attached hydrogen (secondary N) is 1. The van der Waals surface area contributed by atoms with Crippen molar-refractivity contribution < 1.29 is 14.4 Å². The van der Waals surface area contributed by atoms with Gasteiger partial charge >= 0.3 is 6.03 Å². The monoisotopic (exact) mass is 366 g/mol. The van der Waals surface area contributed by atoms with E-state index in [1.165, 1.54) is 0 Å². The van der Waals surface area contributed by atoms with Gasteiger partial charge in [0.1, 0.15) is 0 Å². The predicted molar refractivity (Wildman–Crippen MR) is 95.1 cm³/mol. The molecule has 2 atom stereocenters. The number of nitrogens with two attached hydrogens (primary N) is 1. The Morgan fingerprint density at radius 1 is 1.12 bits per heavy atom. The van der Waals surface area contributed by atoms with E-state index in [0.717, 1.165) is 5.56 Å². The minimum atomic E-state index is -0.734. The van der Waals surface area contributed by atoms with Gasteiger partial charge in [-0.1, -0.05) is 29.8 Å². The first-order valence-corrected chi connectivity index (χ1v) is 8.54. The summed E-state index contributed by atoms with van der Waals surface area (Å²) in [6, 6.07) is 6.24. The zero-order valence-corrected chi connectivity index (χ0v) is 15.1. The van der Waals surface area contributed by atoms with Crippen LogP contribution in [0.1, 0.15) is 19.4 Å². The van der Waals surface area contributed by atoms with Gasteiger partial charge < -0.3 is 20.9 Å². The summed E-state index contributed by atoms with van der Waals surface area (Å²) in [5, 5.41) is 2.88. The molecule has 3 N–H and O–H groups in total. The highest BCUT2D eigenvalue weighted by molar-refractivity contribution is 6.31. The third-order valence-corrected chi connectivity index (χ3v) is 4.99. The van der Waals surface area contributed by atoms with Gasteiger partial charge in [-0.3, -0.25) is 9.59 Å². The van der Waals surface area contributed by atoms with Crippen molar-refractivity contribution in [1.29, 1.82) is 0 Å². The van der Waals surface area contributed by atoms with Crippen molar-refractivity contribution in [3.8, 4) is 0 Å². The second kappa shape index (κ2) is 8.20. The van der Waals surface area contributed by atoms with Crippen molar-refractivity contribution in [2.24, 2.45) is 5.73 Å². The van der Waals surface area contributed by atoms with Crippen LogP contribution in [0.15, 0.2) is 24.3 Å². The maximum atomic E-state index is 12.7. The smallest absolute Gasteiger partial charge is 0.312 e. The summed E-state index contributed by atoms with van der Waals surface area (Å²) in [7, 11) is 0. The molecule has 136 valence electrons. The highest BCUT2D eigenvalue weighted by atomic mass is 35.5. The number of benzene rings is 1. The maximum absolute atomic E-state index is 12.7. The molecule has 1 aromatic rings. The van der Waals surface area contributed by atoms with Crippen molar-refractivity contribution in [2.75, 3.05) is 19.6 Å². The lowest BCUT2D eigenvalue weighted by atomic mass is 10.0. The Morgan fingerprint density at radius 2 is 1.68 bits per heavy atom. The molecule has 7 nitrogen and oxygen atoms in total. The lowest BCUT2D eigenvalue weighted by Gasteiger charge is -2.45. The van der Waals surface area contributed by atoms with Crippen LogP contribution in [0.4, 0.5) is 4.79 Å². The molecule has 0 aliphatic carbocycles. The van der Waals surface area contributed by atoms with E-state index in [2.05, 4.69) is 5.32 Å². The Balaban J connectivity index is 1.99. The highest BCUT2D eigenvalue weighted by Crippen LogP contribution is 2.21. The standard InChI is InChI=1S/C17H23ClN4O3/c1-11-12(2)22(16(24)10-20-17(19)25)8-7-21(11)15(23)9-13-5-3-4-6-14(13)18/h3-6,11-12H,7-10H2,1-2H3,(H3,19,20,25)/t11-,12+/m1/s1. The average molecular weight is 367 g/mol. The van der Waals surface area contributed by atoms with E-state index in [1.807, 2.05) is 32.0 Å². The Labute approximate surface area is 152 Å². The molecular weight excluding hydrogens is 344 g/mol. The van der Waals surface area contributed by atoms with Gasteiger partial charge in [0.15, 0.2) is 0 Å². The SMILES string of the molecule is C[C@@H]1[C@H](C)N(C(=O)CNC(N)=O)CCN1C(=O)Cc1ccccc1Cl. The highest BCUT2D eigenvalue weighted by Gasteiger charge is 2.35. The van der Waals surface area contributed by atoms with Gasteiger partial charge in [-0.25, -0.2) is 4.79 Å². The molecule has 1 fully saturated rings. The summed E-state index contributed by atoms with van der Waals surface area (Å²) in [5.74, 6) is -0.230. The number of piperazine rings is 1. The third kappa shape index (κ3) is 4.63. The van der Waals surface area contributed by atoms with Crippen LogP contribution in [0.5, 0.6) is 0 Å². The van der Waals surface area contributed by atoms with Gasteiger partial charge in [0.25, 0.3) is 0 Å². The molecule has 25 heavy (non-hydrogen) atoms. The fourth-order valence-electron chi connectivity index (χ4n) is 3.02. The Bertz CT molecular complexity index is 667. The van der Waals surface area contributed by atoms with Gasteiger partial charge in [0.2, 0.25) is 11.8 Å². The van der Waals surface area contributed by atoms with E-state index in [1.54, 1.807) is 15.9 Å². The number of nitrogens with zero attached hydrogens (tertiary/aromatic N) is 2. The number of amides is 4. The summed E-state index contributed by atoms with van der Waals surface area (Å²) in [5.41, 5.74) is 5.79. The second-order valence-corrected chi connectivity index (χ2v) is 6.55.